The van der Waals surface area contributed by atoms with Crippen LogP contribution in [0.4, 0.5) is 0 Å². The van der Waals surface area contributed by atoms with Crippen molar-refractivity contribution in [3.05, 3.63) is 35.4 Å². The first kappa shape index (κ1) is 10.0. The Kier molecular flexibility index (Phi) is 6.46. The zero-order valence-electron chi connectivity index (χ0n) is 6.42. The Morgan fingerprint density at radius 3 is 2.73 bits per heavy atom. The van der Waals surface area contributed by atoms with E-state index in [-0.39, 0.29) is 0 Å². The second-order valence-corrected chi connectivity index (χ2v) is 2.12. The van der Waals surface area contributed by atoms with Crippen molar-refractivity contribution in [2.75, 3.05) is 0 Å². The number of nitriles is 1. The molecule has 0 aromatic carbocycles. The summed E-state index contributed by atoms with van der Waals surface area (Å²) in [6.45, 7) is 1.93. The van der Waals surface area contributed by atoms with Gasteiger partial charge in [0.2, 0.25) is 0 Å². The van der Waals surface area contributed by atoms with Crippen LogP contribution in [0.15, 0.2) is 35.4 Å². The van der Waals surface area contributed by atoms with E-state index in [1.54, 1.807) is 0 Å². The minimum absolute atomic E-state index is 0.359. The quantitative estimate of drug-likeness (QED) is 0.593. The molecule has 0 spiro atoms. The maximum Gasteiger partial charge on any atom is 0.0670 e. The Morgan fingerprint density at radius 2 is 2.27 bits per heavy atom. The van der Waals surface area contributed by atoms with Crippen LogP contribution in [0.3, 0.4) is 0 Å². The van der Waals surface area contributed by atoms with Crippen molar-refractivity contribution in [2.45, 2.75) is 13.3 Å². The summed E-state index contributed by atoms with van der Waals surface area (Å²) in [7, 11) is 0. The van der Waals surface area contributed by atoms with Gasteiger partial charge in [-0.05, 0) is 12.5 Å². The van der Waals surface area contributed by atoms with Crippen molar-refractivity contribution in [3.8, 4) is 6.07 Å². The van der Waals surface area contributed by atoms with E-state index in [2.05, 4.69) is 0 Å². The van der Waals surface area contributed by atoms with Crippen LogP contribution in [-0.4, -0.2) is 0 Å². The SMILES string of the molecule is CC=C/C=C\C(=C\Cl)CC#N. The van der Waals surface area contributed by atoms with Gasteiger partial charge in [-0.15, -0.1) is 0 Å². The molecular weight excluding hydrogens is 158 g/mol. The number of rotatable bonds is 3. The van der Waals surface area contributed by atoms with Crippen LogP contribution < -0.4 is 0 Å². The topological polar surface area (TPSA) is 23.8 Å². The molecule has 0 aromatic rings. The van der Waals surface area contributed by atoms with Crippen LogP contribution in [0, 0.1) is 11.3 Å². The van der Waals surface area contributed by atoms with Crippen molar-refractivity contribution in [3.63, 3.8) is 0 Å². The molecule has 0 aromatic heterocycles. The largest absolute Gasteiger partial charge is 0.198 e. The first-order valence-corrected chi connectivity index (χ1v) is 3.74. The number of nitrogens with zero attached hydrogens (tertiary/aromatic N) is 1. The van der Waals surface area contributed by atoms with Crippen molar-refractivity contribution in [2.24, 2.45) is 0 Å². The lowest BCUT2D eigenvalue weighted by atomic mass is 10.2. The highest BCUT2D eigenvalue weighted by Gasteiger charge is 1.86. The standard InChI is InChI=1S/C9H10ClN/c1-2-3-4-5-9(8-10)6-7-11/h2-5,8H,6H2,1H3/b3-2?,5-4-,9-8-. The average Bonchev–Trinajstić information content (AvgIpc) is 2.03. The van der Waals surface area contributed by atoms with Gasteiger partial charge >= 0.3 is 0 Å². The second-order valence-electron chi connectivity index (χ2n) is 1.90. The van der Waals surface area contributed by atoms with E-state index >= 15 is 0 Å². The Balaban J connectivity index is 4.01. The summed E-state index contributed by atoms with van der Waals surface area (Å²) in [5.74, 6) is 0. The molecule has 0 fully saturated rings. The highest BCUT2D eigenvalue weighted by Crippen LogP contribution is 2.03. The first-order valence-electron chi connectivity index (χ1n) is 3.30. The van der Waals surface area contributed by atoms with Gasteiger partial charge < -0.3 is 0 Å². The van der Waals surface area contributed by atoms with Gasteiger partial charge in [0.1, 0.15) is 0 Å². The molecule has 0 amide bonds. The van der Waals surface area contributed by atoms with E-state index < -0.39 is 0 Å². The molecule has 0 aliphatic carbocycles. The Bertz CT molecular complexity index is 218. The lowest BCUT2D eigenvalue weighted by Crippen LogP contribution is -1.71. The molecule has 58 valence electrons. The summed E-state index contributed by atoms with van der Waals surface area (Å²) < 4.78 is 0. The third kappa shape index (κ3) is 5.44. The summed E-state index contributed by atoms with van der Waals surface area (Å²) >= 11 is 5.44. The minimum atomic E-state index is 0.359. The molecule has 2 heteroatoms. The zero-order valence-corrected chi connectivity index (χ0v) is 7.17. The third-order valence-corrected chi connectivity index (χ3v) is 1.32. The van der Waals surface area contributed by atoms with Gasteiger partial charge in [0, 0.05) is 5.54 Å². The number of hydrogen-bond acceptors (Lipinski definition) is 1. The van der Waals surface area contributed by atoms with E-state index in [1.165, 1.54) is 5.54 Å². The average molecular weight is 168 g/mol. The fourth-order valence-electron chi connectivity index (χ4n) is 0.515. The molecule has 0 bridgehead atoms. The van der Waals surface area contributed by atoms with Gasteiger partial charge in [0.15, 0.2) is 0 Å². The highest BCUT2D eigenvalue weighted by molar-refractivity contribution is 6.25. The lowest BCUT2D eigenvalue weighted by Gasteiger charge is -1.87. The van der Waals surface area contributed by atoms with Crippen LogP contribution >= 0.6 is 11.6 Å². The summed E-state index contributed by atoms with van der Waals surface area (Å²) in [6, 6.07) is 2.02. The van der Waals surface area contributed by atoms with Gasteiger partial charge in [-0.25, -0.2) is 0 Å². The molecule has 0 radical (unpaired) electrons. The van der Waals surface area contributed by atoms with Crippen LogP contribution in [0.25, 0.3) is 0 Å². The van der Waals surface area contributed by atoms with Crippen LogP contribution in [0.2, 0.25) is 0 Å². The van der Waals surface area contributed by atoms with Gasteiger partial charge in [0.25, 0.3) is 0 Å². The molecule has 0 aliphatic heterocycles. The normalized spacial score (nSPS) is 12.6. The maximum atomic E-state index is 8.32. The van der Waals surface area contributed by atoms with Crippen LogP contribution in [0.5, 0.6) is 0 Å². The lowest BCUT2D eigenvalue weighted by molar-refractivity contribution is 1.28. The van der Waals surface area contributed by atoms with E-state index in [9.17, 15) is 0 Å². The van der Waals surface area contributed by atoms with E-state index in [4.69, 9.17) is 16.9 Å². The monoisotopic (exact) mass is 167 g/mol. The molecule has 1 nitrogen and oxygen atoms in total. The van der Waals surface area contributed by atoms with Gasteiger partial charge in [-0.2, -0.15) is 5.26 Å². The van der Waals surface area contributed by atoms with Crippen molar-refractivity contribution < 1.29 is 0 Å². The van der Waals surface area contributed by atoms with Gasteiger partial charge in [-0.1, -0.05) is 35.9 Å². The minimum Gasteiger partial charge on any atom is -0.198 e. The molecule has 0 saturated carbocycles. The summed E-state index contributed by atoms with van der Waals surface area (Å²) in [6.07, 6.45) is 7.83. The fourth-order valence-corrected chi connectivity index (χ4v) is 0.665. The third-order valence-electron chi connectivity index (χ3n) is 1.04. The molecule has 0 rings (SSSR count). The van der Waals surface area contributed by atoms with Gasteiger partial charge in [0.05, 0.1) is 12.5 Å². The number of hydrogen-bond donors (Lipinski definition) is 0. The smallest absolute Gasteiger partial charge is 0.0670 e. The maximum absolute atomic E-state index is 8.32. The molecule has 0 aliphatic rings. The predicted octanol–water partition coefficient (Wildman–Crippen LogP) is 3.16. The Hall–Kier alpha value is -1.00. The molecule has 0 saturated heterocycles. The Morgan fingerprint density at radius 1 is 1.55 bits per heavy atom. The zero-order chi connectivity index (χ0) is 8.53. The van der Waals surface area contributed by atoms with E-state index in [0.29, 0.717) is 6.42 Å². The summed E-state index contributed by atoms with van der Waals surface area (Å²) in [5.41, 5.74) is 2.25. The predicted molar refractivity (Wildman–Crippen MR) is 48.1 cm³/mol. The first-order chi connectivity index (χ1) is 5.35. The van der Waals surface area contributed by atoms with Gasteiger partial charge in [-0.3, -0.25) is 0 Å². The fraction of sp³-hybridized carbons (Fsp3) is 0.222. The number of halogens is 1. The summed E-state index contributed by atoms with van der Waals surface area (Å²) in [5, 5.41) is 8.32. The number of allylic oxidation sites excluding steroid dienone is 5. The van der Waals surface area contributed by atoms with Crippen molar-refractivity contribution in [1.29, 1.82) is 5.26 Å². The van der Waals surface area contributed by atoms with E-state index in [0.717, 1.165) is 5.57 Å². The van der Waals surface area contributed by atoms with Crippen LogP contribution in [0.1, 0.15) is 13.3 Å². The molecule has 0 heterocycles. The molecule has 11 heavy (non-hydrogen) atoms. The van der Waals surface area contributed by atoms with Crippen LogP contribution in [-0.2, 0) is 0 Å². The highest BCUT2D eigenvalue weighted by atomic mass is 35.5. The molecule has 0 atom stereocenters. The van der Waals surface area contributed by atoms with Crippen molar-refractivity contribution >= 4 is 11.6 Å². The summed E-state index contributed by atoms with van der Waals surface area (Å²) in [4.78, 5) is 0. The molecular formula is C9H10ClN. The Labute approximate surface area is 72.3 Å². The van der Waals surface area contributed by atoms with E-state index in [1.807, 2.05) is 37.3 Å². The molecule has 0 N–H and O–H groups in total. The molecule has 0 unspecified atom stereocenters. The van der Waals surface area contributed by atoms with Crippen molar-refractivity contribution in [1.82, 2.24) is 0 Å². The second kappa shape index (κ2) is 7.11.